The summed E-state index contributed by atoms with van der Waals surface area (Å²) in [7, 11) is -1.00. The monoisotopic (exact) mass is 371 g/mol. The van der Waals surface area contributed by atoms with E-state index in [2.05, 4.69) is 9.88 Å². The lowest BCUT2D eigenvalue weighted by molar-refractivity contribution is -0.136. The van der Waals surface area contributed by atoms with E-state index in [1.165, 1.54) is 0 Å². The maximum Gasteiger partial charge on any atom is 0.225 e. The van der Waals surface area contributed by atoms with E-state index in [1.807, 2.05) is 19.4 Å². The van der Waals surface area contributed by atoms with Crippen LogP contribution in [0.25, 0.3) is 0 Å². The van der Waals surface area contributed by atoms with E-state index in [-0.39, 0.29) is 23.6 Å². The smallest absolute Gasteiger partial charge is 0.225 e. The normalized spacial score (nSPS) is 25.0. The van der Waals surface area contributed by atoms with Gasteiger partial charge < -0.3 is 4.90 Å². The molecule has 2 fully saturated rings. The van der Waals surface area contributed by atoms with E-state index in [0.717, 1.165) is 43.1 Å². The van der Waals surface area contributed by atoms with Crippen molar-refractivity contribution in [1.29, 1.82) is 0 Å². The minimum absolute atomic E-state index is 0.0454. The molecule has 1 amide bonds. The number of likely N-dealkylation sites (tertiary alicyclic amines) is 1. The van der Waals surface area contributed by atoms with Crippen LogP contribution in [-0.4, -0.2) is 66.8 Å². The highest BCUT2D eigenvalue weighted by Crippen LogP contribution is 2.25. The quantitative estimate of drug-likeness (QED) is 0.798. The number of thiazole rings is 1. The number of aryl methyl sites for hydroxylation is 1. The van der Waals surface area contributed by atoms with Crippen LogP contribution >= 0.6 is 11.3 Å². The highest BCUT2D eigenvalue weighted by atomic mass is 32.2. The first-order valence-electron chi connectivity index (χ1n) is 8.44. The molecular formula is C16H25N3O3S2. The first-order chi connectivity index (χ1) is 11.3. The molecule has 0 aromatic carbocycles. The van der Waals surface area contributed by atoms with Gasteiger partial charge in [0.1, 0.15) is 0 Å². The largest absolute Gasteiger partial charge is 0.340 e. The third-order valence-electron chi connectivity index (χ3n) is 5.05. The predicted molar refractivity (Wildman–Crippen MR) is 94.7 cm³/mol. The topological polar surface area (TPSA) is 70.6 Å². The number of nitrogens with zero attached hydrogens (tertiary/aromatic N) is 3. The summed E-state index contributed by atoms with van der Waals surface area (Å²) >= 11 is 1.60. The average molecular weight is 372 g/mol. The Balaban J connectivity index is 1.49. The van der Waals surface area contributed by atoms with E-state index < -0.39 is 9.84 Å². The van der Waals surface area contributed by atoms with Gasteiger partial charge in [0.25, 0.3) is 0 Å². The Kier molecular flexibility index (Phi) is 5.27. The van der Waals surface area contributed by atoms with E-state index in [9.17, 15) is 13.2 Å². The van der Waals surface area contributed by atoms with Crippen molar-refractivity contribution in [2.75, 3.05) is 31.6 Å². The molecule has 2 aliphatic heterocycles. The fourth-order valence-corrected chi connectivity index (χ4v) is 6.05. The zero-order valence-corrected chi connectivity index (χ0v) is 15.9. The number of carbonyl (C=O) groups excluding carboxylic acids is 1. The molecule has 0 spiro atoms. The Morgan fingerprint density at radius 3 is 2.62 bits per heavy atom. The molecule has 3 heterocycles. The molecule has 24 heavy (non-hydrogen) atoms. The van der Waals surface area contributed by atoms with E-state index in [0.29, 0.717) is 12.3 Å². The zero-order chi connectivity index (χ0) is 17.3. The second-order valence-corrected chi connectivity index (χ2v) is 10.2. The summed E-state index contributed by atoms with van der Waals surface area (Å²) in [6.07, 6.45) is 2.37. The van der Waals surface area contributed by atoms with E-state index in [4.69, 9.17) is 0 Å². The van der Waals surface area contributed by atoms with Gasteiger partial charge in [0.2, 0.25) is 5.91 Å². The van der Waals surface area contributed by atoms with Crippen molar-refractivity contribution in [2.45, 2.75) is 38.8 Å². The first-order valence-corrected chi connectivity index (χ1v) is 11.1. The molecule has 0 aliphatic carbocycles. The molecular weight excluding hydrogens is 346 g/mol. The van der Waals surface area contributed by atoms with Gasteiger partial charge in [0.05, 0.1) is 28.8 Å². The van der Waals surface area contributed by atoms with Crippen LogP contribution in [0.5, 0.6) is 0 Å². The summed E-state index contributed by atoms with van der Waals surface area (Å²) in [5.74, 6) is 0.824. The standard InChI is InChI=1S/C16H25N3O3S2/c1-12-17-14(10-23-12)9-18(2)16(20)13-3-6-19(7-4-13)15-5-8-24(21,22)11-15/h10,13,15H,3-9,11H2,1-2H3. The van der Waals surface area contributed by atoms with Crippen LogP contribution in [0.2, 0.25) is 0 Å². The number of piperidine rings is 1. The summed E-state index contributed by atoms with van der Waals surface area (Å²) in [6.45, 7) is 4.17. The molecule has 1 unspecified atom stereocenters. The van der Waals surface area contributed by atoms with Crippen LogP contribution in [0.3, 0.4) is 0 Å². The minimum atomic E-state index is -2.84. The van der Waals surface area contributed by atoms with Crippen LogP contribution in [0.4, 0.5) is 0 Å². The molecule has 1 aromatic rings. The van der Waals surface area contributed by atoms with Crippen molar-refractivity contribution in [3.63, 3.8) is 0 Å². The number of aromatic nitrogens is 1. The summed E-state index contributed by atoms with van der Waals surface area (Å²) in [4.78, 5) is 21.1. The lowest BCUT2D eigenvalue weighted by Gasteiger charge is -2.36. The Bertz CT molecular complexity index is 693. The number of sulfone groups is 1. The van der Waals surface area contributed by atoms with Gasteiger partial charge in [-0.3, -0.25) is 9.69 Å². The van der Waals surface area contributed by atoms with Gasteiger partial charge in [-0.05, 0) is 39.3 Å². The molecule has 3 rings (SSSR count). The highest BCUT2D eigenvalue weighted by Gasteiger charge is 2.35. The van der Waals surface area contributed by atoms with Crippen LogP contribution in [0.15, 0.2) is 5.38 Å². The lowest BCUT2D eigenvalue weighted by Crippen LogP contribution is -2.45. The fraction of sp³-hybridized carbons (Fsp3) is 0.750. The second-order valence-electron chi connectivity index (χ2n) is 6.92. The van der Waals surface area contributed by atoms with Gasteiger partial charge >= 0.3 is 0 Å². The van der Waals surface area contributed by atoms with Gasteiger partial charge in [0, 0.05) is 24.4 Å². The molecule has 0 N–H and O–H groups in total. The third-order valence-corrected chi connectivity index (χ3v) is 7.62. The Hall–Kier alpha value is -0.990. The Labute approximate surface area is 147 Å². The number of hydrogen-bond donors (Lipinski definition) is 0. The number of carbonyl (C=O) groups is 1. The van der Waals surface area contributed by atoms with Crippen molar-refractivity contribution in [3.05, 3.63) is 16.1 Å². The maximum atomic E-state index is 12.6. The summed E-state index contributed by atoms with van der Waals surface area (Å²) in [5, 5.41) is 3.02. The Morgan fingerprint density at radius 2 is 2.08 bits per heavy atom. The molecule has 2 saturated heterocycles. The van der Waals surface area contributed by atoms with Crippen molar-refractivity contribution in [2.24, 2.45) is 5.92 Å². The van der Waals surface area contributed by atoms with Gasteiger partial charge in [-0.2, -0.15) is 0 Å². The fourth-order valence-electron chi connectivity index (χ4n) is 3.69. The minimum Gasteiger partial charge on any atom is -0.340 e. The molecule has 1 aromatic heterocycles. The van der Waals surface area contributed by atoms with Gasteiger partial charge in [0.15, 0.2) is 9.84 Å². The van der Waals surface area contributed by atoms with Gasteiger partial charge in [-0.1, -0.05) is 0 Å². The molecule has 6 nitrogen and oxygen atoms in total. The lowest BCUT2D eigenvalue weighted by atomic mass is 9.94. The molecule has 1 atom stereocenters. The number of hydrogen-bond acceptors (Lipinski definition) is 6. The van der Waals surface area contributed by atoms with Crippen molar-refractivity contribution >= 4 is 27.1 Å². The van der Waals surface area contributed by atoms with Gasteiger partial charge in [-0.25, -0.2) is 13.4 Å². The van der Waals surface area contributed by atoms with Gasteiger partial charge in [-0.15, -0.1) is 11.3 Å². The first kappa shape index (κ1) is 17.8. The zero-order valence-electron chi connectivity index (χ0n) is 14.3. The molecule has 0 saturated carbocycles. The second kappa shape index (κ2) is 7.09. The molecule has 8 heteroatoms. The third kappa shape index (κ3) is 4.15. The van der Waals surface area contributed by atoms with Crippen molar-refractivity contribution in [3.8, 4) is 0 Å². The average Bonchev–Trinajstić information content (AvgIpc) is 3.12. The van der Waals surface area contributed by atoms with Crippen molar-refractivity contribution < 1.29 is 13.2 Å². The molecule has 0 bridgehead atoms. The Morgan fingerprint density at radius 1 is 1.38 bits per heavy atom. The van der Waals surface area contributed by atoms with Crippen LogP contribution in [0.1, 0.15) is 30.0 Å². The molecule has 0 radical (unpaired) electrons. The maximum absolute atomic E-state index is 12.6. The molecule has 134 valence electrons. The predicted octanol–water partition coefficient (Wildman–Crippen LogP) is 1.31. The van der Waals surface area contributed by atoms with E-state index in [1.54, 1.807) is 16.2 Å². The SMILES string of the molecule is Cc1nc(CN(C)C(=O)C2CCN(C3CCS(=O)(=O)C3)CC2)cs1. The highest BCUT2D eigenvalue weighted by molar-refractivity contribution is 7.91. The van der Waals surface area contributed by atoms with Crippen LogP contribution < -0.4 is 0 Å². The number of rotatable bonds is 4. The summed E-state index contributed by atoms with van der Waals surface area (Å²) in [5.41, 5.74) is 0.946. The van der Waals surface area contributed by atoms with E-state index >= 15 is 0 Å². The summed E-state index contributed by atoms with van der Waals surface area (Å²) < 4.78 is 23.3. The van der Waals surface area contributed by atoms with Crippen LogP contribution in [0, 0.1) is 12.8 Å². The molecule has 2 aliphatic rings. The number of amides is 1. The van der Waals surface area contributed by atoms with Crippen molar-refractivity contribution in [1.82, 2.24) is 14.8 Å². The van der Waals surface area contributed by atoms with Crippen LogP contribution in [-0.2, 0) is 21.2 Å². The summed E-state index contributed by atoms with van der Waals surface area (Å²) in [6, 6.07) is 0.154.